The molecular formula is C24H27N3O4. The lowest BCUT2D eigenvalue weighted by Crippen LogP contribution is -2.15. The van der Waals surface area contributed by atoms with Crippen LogP contribution in [-0.4, -0.2) is 44.9 Å². The van der Waals surface area contributed by atoms with Crippen molar-refractivity contribution in [3.63, 3.8) is 0 Å². The number of nitrogens with one attached hydrogen (secondary N) is 1. The number of aliphatic hydroxyl groups excluding tert-OH is 2. The van der Waals surface area contributed by atoms with Gasteiger partial charge in [-0.3, -0.25) is 9.78 Å². The van der Waals surface area contributed by atoms with Gasteiger partial charge < -0.3 is 20.3 Å². The second kappa shape index (κ2) is 10.1. The smallest absolute Gasteiger partial charge is 0.256 e. The molecule has 0 unspecified atom stereocenters. The van der Waals surface area contributed by atoms with Crippen LogP contribution in [-0.2, 0) is 6.42 Å². The molecule has 3 rings (SSSR count). The quantitative estimate of drug-likeness (QED) is 0.515. The van der Waals surface area contributed by atoms with E-state index in [9.17, 15) is 9.90 Å². The minimum absolute atomic E-state index is 0.0576. The molecular weight excluding hydrogens is 394 g/mol. The van der Waals surface area contributed by atoms with Crippen LogP contribution in [0.3, 0.4) is 0 Å². The molecule has 7 nitrogen and oxygen atoms in total. The lowest BCUT2D eigenvalue weighted by Gasteiger charge is -2.11. The summed E-state index contributed by atoms with van der Waals surface area (Å²) in [6.45, 7) is 5.53. The number of rotatable bonds is 8. The highest BCUT2D eigenvalue weighted by atomic mass is 16.5. The van der Waals surface area contributed by atoms with Crippen LogP contribution >= 0.6 is 0 Å². The third kappa shape index (κ3) is 6.10. The molecule has 162 valence electrons. The zero-order valence-corrected chi connectivity index (χ0v) is 17.9. The van der Waals surface area contributed by atoms with E-state index in [0.29, 0.717) is 23.6 Å². The summed E-state index contributed by atoms with van der Waals surface area (Å²) in [4.78, 5) is 21.2. The largest absolute Gasteiger partial charge is 0.489 e. The van der Waals surface area contributed by atoms with E-state index in [4.69, 9.17) is 9.84 Å². The van der Waals surface area contributed by atoms with Crippen molar-refractivity contribution in [3.8, 4) is 17.0 Å². The topological polar surface area (TPSA) is 105 Å². The van der Waals surface area contributed by atoms with Crippen molar-refractivity contribution in [1.29, 1.82) is 0 Å². The van der Waals surface area contributed by atoms with E-state index in [-0.39, 0.29) is 18.6 Å². The second-order valence-electron chi connectivity index (χ2n) is 7.63. The first-order chi connectivity index (χ1) is 14.9. The molecule has 1 aromatic carbocycles. The van der Waals surface area contributed by atoms with E-state index in [2.05, 4.69) is 15.3 Å². The molecule has 0 aliphatic rings. The number of benzene rings is 1. The van der Waals surface area contributed by atoms with E-state index in [1.54, 1.807) is 36.7 Å². The molecule has 3 aromatic rings. The molecule has 0 fully saturated rings. The van der Waals surface area contributed by atoms with Crippen molar-refractivity contribution < 1.29 is 19.7 Å². The van der Waals surface area contributed by atoms with Gasteiger partial charge in [-0.05, 0) is 56.2 Å². The maximum Gasteiger partial charge on any atom is 0.256 e. The molecule has 7 heteroatoms. The average molecular weight is 421 g/mol. The number of hydrogen-bond acceptors (Lipinski definition) is 6. The minimum Gasteiger partial charge on any atom is -0.489 e. The highest BCUT2D eigenvalue weighted by Gasteiger charge is 2.11. The Balaban J connectivity index is 1.67. The molecule has 2 aromatic heterocycles. The second-order valence-corrected chi connectivity index (χ2v) is 7.63. The van der Waals surface area contributed by atoms with Crippen LogP contribution in [0.25, 0.3) is 11.3 Å². The van der Waals surface area contributed by atoms with Crippen LogP contribution in [0.1, 0.15) is 35.3 Å². The maximum atomic E-state index is 12.5. The fraction of sp³-hybridized carbons (Fsp3) is 0.292. The molecule has 0 aliphatic carbocycles. The fourth-order valence-corrected chi connectivity index (χ4v) is 3.15. The van der Waals surface area contributed by atoms with E-state index in [1.165, 1.54) is 0 Å². The molecule has 0 saturated heterocycles. The van der Waals surface area contributed by atoms with Gasteiger partial charge in [0.25, 0.3) is 5.91 Å². The van der Waals surface area contributed by atoms with Gasteiger partial charge in [0.05, 0.1) is 30.7 Å². The molecule has 0 spiro atoms. The van der Waals surface area contributed by atoms with Gasteiger partial charge >= 0.3 is 0 Å². The lowest BCUT2D eigenvalue weighted by atomic mass is 10.0. The average Bonchev–Trinajstić information content (AvgIpc) is 2.75. The molecule has 2 heterocycles. The Morgan fingerprint density at radius 1 is 1.10 bits per heavy atom. The van der Waals surface area contributed by atoms with E-state index in [0.717, 1.165) is 22.4 Å². The van der Waals surface area contributed by atoms with Crippen molar-refractivity contribution >= 4 is 11.7 Å². The third-order valence-corrected chi connectivity index (χ3v) is 4.59. The van der Waals surface area contributed by atoms with Gasteiger partial charge in [-0.2, -0.15) is 0 Å². The Labute approximate surface area is 181 Å². The number of amides is 1. The van der Waals surface area contributed by atoms with Crippen molar-refractivity contribution in [1.82, 2.24) is 9.97 Å². The number of pyridine rings is 2. The van der Waals surface area contributed by atoms with Gasteiger partial charge in [0.1, 0.15) is 11.6 Å². The number of carbonyl (C=O) groups is 1. The van der Waals surface area contributed by atoms with Gasteiger partial charge in [0.2, 0.25) is 0 Å². The molecule has 0 bridgehead atoms. The standard InChI is InChI=1S/C24H27N3O4/c1-15(2)31-21-8-9-22(25-13-21)27-24(30)19-6-4-18(5-7-19)23-16(3)10-17(12-26-23)11-20(29)14-28/h4-10,12-13,15,20,28-29H,11,14H2,1-3H3,(H,25,27,30)/t20-/m0/s1. The first-order valence-electron chi connectivity index (χ1n) is 10.1. The third-order valence-electron chi connectivity index (χ3n) is 4.59. The predicted molar refractivity (Wildman–Crippen MR) is 119 cm³/mol. The zero-order valence-electron chi connectivity index (χ0n) is 17.9. The number of aryl methyl sites for hydroxylation is 1. The van der Waals surface area contributed by atoms with Crippen molar-refractivity contribution in [2.24, 2.45) is 0 Å². The highest BCUT2D eigenvalue weighted by Crippen LogP contribution is 2.23. The van der Waals surface area contributed by atoms with Gasteiger partial charge in [-0.15, -0.1) is 0 Å². The van der Waals surface area contributed by atoms with Crippen molar-refractivity contribution in [2.45, 2.75) is 39.4 Å². The predicted octanol–water partition coefficient (Wildman–Crippen LogP) is 3.39. The molecule has 0 radical (unpaired) electrons. The SMILES string of the molecule is Cc1cc(C[C@H](O)CO)cnc1-c1ccc(C(=O)Nc2ccc(OC(C)C)cn2)cc1. The van der Waals surface area contributed by atoms with Gasteiger partial charge in [-0.25, -0.2) is 4.98 Å². The zero-order chi connectivity index (χ0) is 22.4. The van der Waals surface area contributed by atoms with Crippen LogP contribution in [0.2, 0.25) is 0 Å². The molecule has 1 atom stereocenters. The van der Waals surface area contributed by atoms with Crippen molar-refractivity contribution in [3.05, 3.63) is 71.5 Å². The molecule has 1 amide bonds. The number of aromatic nitrogens is 2. The molecule has 0 saturated carbocycles. The van der Waals surface area contributed by atoms with Crippen LogP contribution < -0.4 is 10.1 Å². The summed E-state index contributed by atoms with van der Waals surface area (Å²) in [5.41, 5.74) is 4.01. The summed E-state index contributed by atoms with van der Waals surface area (Å²) >= 11 is 0. The Bertz CT molecular complexity index is 1020. The number of anilines is 1. The van der Waals surface area contributed by atoms with Gasteiger partial charge in [0.15, 0.2) is 0 Å². The number of carbonyl (C=O) groups excluding carboxylic acids is 1. The van der Waals surface area contributed by atoms with Crippen LogP contribution in [0.5, 0.6) is 5.75 Å². The molecule has 31 heavy (non-hydrogen) atoms. The van der Waals surface area contributed by atoms with Crippen LogP contribution in [0.4, 0.5) is 5.82 Å². The van der Waals surface area contributed by atoms with Gasteiger partial charge in [-0.1, -0.05) is 18.2 Å². The first-order valence-corrected chi connectivity index (χ1v) is 10.1. The van der Waals surface area contributed by atoms with E-state index >= 15 is 0 Å². The number of hydrogen-bond donors (Lipinski definition) is 3. The minimum atomic E-state index is -0.793. The Hall–Kier alpha value is -3.29. The summed E-state index contributed by atoms with van der Waals surface area (Å²) in [5, 5.41) is 21.4. The molecule has 0 aliphatic heterocycles. The van der Waals surface area contributed by atoms with Crippen molar-refractivity contribution in [2.75, 3.05) is 11.9 Å². The summed E-state index contributed by atoms with van der Waals surface area (Å²) in [5.74, 6) is 0.843. The Morgan fingerprint density at radius 2 is 1.84 bits per heavy atom. The number of aliphatic hydroxyl groups is 2. The maximum absolute atomic E-state index is 12.5. The summed E-state index contributed by atoms with van der Waals surface area (Å²) in [6.07, 6.45) is 2.89. The van der Waals surface area contributed by atoms with Crippen LogP contribution in [0, 0.1) is 6.92 Å². The summed E-state index contributed by atoms with van der Waals surface area (Å²) in [7, 11) is 0. The van der Waals surface area contributed by atoms with E-state index < -0.39 is 6.10 Å². The normalized spacial score (nSPS) is 11.9. The lowest BCUT2D eigenvalue weighted by molar-refractivity contribution is 0.0954. The van der Waals surface area contributed by atoms with Crippen LogP contribution in [0.15, 0.2) is 54.9 Å². The summed E-state index contributed by atoms with van der Waals surface area (Å²) < 4.78 is 5.55. The number of nitrogens with zero attached hydrogens (tertiary/aromatic N) is 2. The monoisotopic (exact) mass is 421 g/mol. The van der Waals surface area contributed by atoms with E-state index in [1.807, 2.05) is 39.0 Å². The fourth-order valence-electron chi connectivity index (χ4n) is 3.15. The first kappa shape index (κ1) is 22.4. The molecule has 3 N–H and O–H groups in total. The number of ether oxygens (including phenoxy) is 1. The van der Waals surface area contributed by atoms with Gasteiger partial charge in [0, 0.05) is 23.7 Å². The Kier molecular flexibility index (Phi) is 7.33. The summed E-state index contributed by atoms with van der Waals surface area (Å²) in [6, 6.07) is 12.6. The Morgan fingerprint density at radius 3 is 2.42 bits per heavy atom. The highest BCUT2D eigenvalue weighted by molar-refractivity contribution is 6.04.